The van der Waals surface area contributed by atoms with Gasteiger partial charge in [-0.05, 0) is 37.6 Å². The number of aromatic nitrogens is 1. The molecule has 1 aromatic heterocycles. The van der Waals surface area contributed by atoms with Crippen LogP contribution in [-0.2, 0) is 11.2 Å². The lowest BCUT2D eigenvalue weighted by atomic mass is 9.98. The summed E-state index contributed by atoms with van der Waals surface area (Å²) in [5.74, 6) is -2.84. The summed E-state index contributed by atoms with van der Waals surface area (Å²) in [7, 11) is 0. The molecule has 0 aliphatic rings. The van der Waals surface area contributed by atoms with Crippen LogP contribution in [0.15, 0.2) is 35.1 Å². The number of H-pyrrole nitrogens is 1. The van der Waals surface area contributed by atoms with E-state index in [1.807, 2.05) is 0 Å². The zero-order valence-electron chi connectivity index (χ0n) is 15.6. The largest absolute Gasteiger partial charge is 0.349 e. The Hall–Kier alpha value is -3.60. The number of aromatic amines is 1. The molecule has 29 heavy (non-hydrogen) atoms. The zero-order chi connectivity index (χ0) is 21.3. The van der Waals surface area contributed by atoms with Crippen molar-refractivity contribution in [2.75, 3.05) is 0 Å². The van der Waals surface area contributed by atoms with E-state index in [1.165, 1.54) is 26.0 Å². The molecule has 0 aliphatic carbocycles. The minimum atomic E-state index is -0.799. The van der Waals surface area contributed by atoms with E-state index in [-0.39, 0.29) is 34.0 Å². The summed E-state index contributed by atoms with van der Waals surface area (Å²) in [6.45, 7) is 3.05. The molecule has 148 valence electrons. The van der Waals surface area contributed by atoms with Gasteiger partial charge in [-0.3, -0.25) is 9.59 Å². The minimum Gasteiger partial charge on any atom is -0.349 e. The van der Waals surface area contributed by atoms with Crippen LogP contribution in [0.3, 0.4) is 0 Å². The number of amides is 1. The normalized spacial score (nSPS) is 11.9. The maximum Gasteiger partial charge on any atom is 0.252 e. The van der Waals surface area contributed by atoms with E-state index in [4.69, 9.17) is 0 Å². The standard InChI is InChI=1S/C21H16F3N3O2/c1-10-14(21(29)27-18-6-5-16(23)15(9-25)20(10)18)8-19(28)26-11(2)13-4-3-12(22)7-17(13)24/h3-7,11H,8H2,1-2H3,(H,26,28)(H,27,29)/t11-/m0/s1. The summed E-state index contributed by atoms with van der Waals surface area (Å²) in [4.78, 5) is 27.4. The van der Waals surface area contributed by atoms with Crippen molar-refractivity contribution in [3.05, 3.63) is 80.4 Å². The van der Waals surface area contributed by atoms with Gasteiger partial charge in [0, 0.05) is 22.6 Å². The lowest BCUT2D eigenvalue weighted by molar-refractivity contribution is -0.121. The third kappa shape index (κ3) is 3.85. The van der Waals surface area contributed by atoms with Crippen LogP contribution in [0, 0.1) is 35.7 Å². The zero-order valence-corrected chi connectivity index (χ0v) is 15.6. The molecule has 0 bridgehead atoms. The van der Waals surface area contributed by atoms with Crippen LogP contribution >= 0.6 is 0 Å². The number of hydrogen-bond donors (Lipinski definition) is 2. The first-order valence-electron chi connectivity index (χ1n) is 8.71. The molecular formula is C21H16F3N3O2. The van der Waals surface area contributed by atoms with Gasteiger partial charge in [0.2, 0.25) is 5.91 Å². The van der Waals surface area contributed by atoms with Crippen LogP contribution in [0.25, 0.3) is 10.9 Å². The number of fused-ring (bicyclic) bond motifs is 1. The van der Waals surface area contributed by atoms with Gasteiger partial charge in [0.1, 0.15) is 23.5 Å². The molecule has 2 N–H and O–H groups in total. The molecule has 1 heterocycles. The van der Waals surface area contributed by atoms with Crippen LogP contribution < -0.4 is 10.9 Å². The van der Waals surface area contributed by atoms with E-state index in [1.54, 1.807) is 6.07 Å². The molecule has 1 atom stereocenters. The second-order valence-corrected chi connectivity index (χ2v) is 6.65. The fraction of sp³-hybridized carbons (Fsp3) is 0.190. The van der Waals surface area contributed by atoms with Gasteiger partial charge in [-0.15, -0.1) is 0 Å². The number of carbonyl (C=O) groups excluding carboxylic acids is 1. The number of hydrogen-bond acceptors (Lipinski definition) is 3. The Bertz CT molecular complexity index is 1230. The minimum absolute atomic E-state index is 0.0730. The first-order valence-corrected chi connectivity index (χ1v) is 8.71. The average Bonchev–Trinajstić information content (AvgIpc) is 2.65. The Labute approximate surface area is 163 Å². The number of nitrogens with zero attached hydrogens (tertiary/aromatic N) is 1. The molecule has 0 radical (unpaired) electrons. The maximum absolute atomic E-state index is 14.0. The highest BCUT2D eigenvalue weighted by Crippen LogP contribution is 2.24. The Balaban J connectivity index is 1.92. The molecule has 0 spiro atoms. The van der Waals surface area contributed by atoms with E-state index in [9.17, 15) is 28.0 Å². The first kappa shape index (κ1) is 20.1. The third-order valence-corrected chi connectivity index (χ3v) is 4.76. The van der Waals surface area contributed by atoms with Crippen molar-refractivity contribution in [2.45, 2.75) is 26.3 Å². The van der Waals surface area contributed by atoms with Gasteiger partial charge in [-0.2, -0.15) is 5.26 Å². The average molecular weight is 399 g/mol. The molecule has 3 aromatic rings. The predicted octanol–water partition coefficient (Wildman–Crippen LogP) is 3.55. The van der Waals surface area contributed by atoms with Gasteiger partial charge >= 0.3 is 0 Å². The SMILES string of the molecule is Cc1c(CC(=O)N[C@@H](C)c2ccc(F)cc2F)c(=O)[nH]c2ccc(F)c(C#N)c12. The van der Waals surface area contributed by atoms with Crippen molar-refractivity contribution in [1.29, 1.82) is 5.26 Å². The van der Waals surface area contributed by atoms with Crippen molar-refractivity contribution in [3.63, 3.8) is 0 Å². The van der Waals surface area contributed by atoms with Gasteiger partial charge in [-0.1, -0.05) is 6.07 Å². The van der Waals surface area contributed by atoms with Crippen molar-refractivity contribution < 1.29 is 18.0 Å². The Morgan fingerprint density at radius 1 is 1.21 bits per heavy atom. The van der Waals surface area contributed by atoms with Crippen molar-refractivity contribution in [2.24, 2.45) is 0 Å². The molecule has 5 nitrogen and oxygen atoms in total. The van der Waals surface area contributed by atoms with E-state index in [0.717, 1.165) is 12.1 Å². The van der Waals surface area contributed by atoms with Crippen LogP contribution in [-0.4, -0.2) is 10.9 Å². The van der Waals surface area contributed by atoms with Gasteiger partial charge < -0.3 is 10.3 Å². The quantitative estimate of drug-likeness (QED) is 0.704. The highest BCUT2D eigenvalue weighted by Gasteiger charge is 2.19. The van der Waals surface area contributed by atoms with E-state index in [0.29, 0.717) is 11.6 Å². The summed E-state index contributed by atoms with van der Waals surface area (Å²) >= 11 is 0. The lowest BCUT2D eigenvalue weighted by Crippen LogP contribution is -2.31. The number of halogens is 3. The fourth-order valence-electron chi connectivity index (χ4n) is 3.30. The second-order valence-electron chi connectivity index (χ2n) is 6.65. The van der Waals surface area contributed by atoms with Gasteiger partial charge in [0.25, 0.3) is 5.56 Å². The number of benzene rings is 2. The molecule has 0 unspecified atom stereocenters. The van der Waals surface area contributed by atoms with Crippen molar-refractivity contribution in [1.82, 2.24) is 10.3 Å². The first-order chi connectivity index (χ1) is 13.7. The van der Waals surface area contributed by atoms with Gasteiger partial charge in [-0.25, -0.2) is 13.2 Å². The smallest absolute Gasteiger partial charge is 0.252 e. The van der Waals surface area contributed by atoms with Crippen LogP contribution in [0.4, 0.5) is 13.2 Å². The van der Waals surface area contributed by atoms with E-state index in [2.05, 4.69) is 10.3 Å². The number of aryl methyl sites for hydroxylation is 1. The highest BCUT2D eigenvalue weighted by molar-refractivity contribution is 5.90. The number of rotatable bonds is 4. The molecule has 0 fully saturated rings. The molecule has 8 heteroatoms. The predicted molar refractivity (Wildman–Crippen MR) is 101 cm³/mol. The molecule has 2 aromatic carbocycles. The van der Waals surface area contributed by atoms with Crippen LogP contribution in [0.2, 0.25) is 0 Å². The van der Waals surface area contributed by atoms with Crippen molar-refractivity contribution >= 4 is 16.8 Å². The number of carbonyl (C=O) groups is 1. The van der Waals surface area contributed by atoms with Crippen LogP contribution in [0.5, 0.6) is 0 Å². The van der Waals surface area contributed by atoms with E-state index < -0.39 is 35.0 Å². The molecule has 3 rings (SSSR count). The Morgan fingerprint density at radius 3 is 2.59 bits per heavy atom. The monoisotopic (exact) mass is 399 g/mol. The number of nitrogens with one attached hydrogen (secondary N) is 2. The molecule has 0 saturated heterocycles. The lowest BCUT2D eigenvalue weighted by Gasteiger charge is -2.16. The molecular weight excluding hydrogens is 383 g/mol. The second kappa shape index (κ2) is 7.80. The molecule has 0 aliphatic heterocycles. The number of nitriles is 1. The van der Waals surface area contributed by atoms with E-state index >= 15 is 0 Å². The van der Waals surface area contributed by atoms with Gasteiger partial charge in [0.15, 0.2) is 0 Å². The summed E-state index contributed by atoms with van der Waals surface area (Å²) < 4.78 is 40.9. The Kier molecular flexibility index (Phi) is 5.41. The fourth-order valence-corrected chi connectivity index (χ4v) is 3.30. The molecule has 0 saturated carbocycles. The summed E-state index contributed by atoms with van der Waals surface area (Å²) in [6, 6.07) is 6.47. The molecule has 1 amide bonds. The topological polar surface area (TPSA) is 85.8 Å². The maximum atomic E-state index is 14.0. The Morgan fingerprint density at radius 2 is 1.93 bits per heavy atom. The van der Waals surface area contributed by atoms with Gasteiger partial charge in [0.05, 0.1) is 23.5 Å². The summed E-state index contributed by atoms with van der Waals surface area (Å²) in [5.41, 5.74) is 0.00876. The van der Waals surface area contributed by atoms with Crippen molar-refractivity contribution in [3.8, 4) is 6.07 Å². The van der Waals surface area contributed by atoms with Crippen LogP contribution in [0.1, 0.15) is 35.2 Å². The number of pyridine rings is 1. The summed E-state index contributed by atoms with van der Waals surface area (Å²) in [6.07, 6.45) is -0.356. The highest BCUT2D eigenvalue weighted by atomic mass is 19.1. The summed E-state index contributed by atoms with van der Waals surface area (Å²) in [5, 5.41) is 12.0. The third-order valence-electron chi connectivity index (χ3n) is 4.76.